The van der Waals surface area contributed by atoms with Crippen LogP contribution < -0.4 is 15.0 Å². The molecule has 0 bridgehead atoms. The lowest BCUT2D eigenvalue weighted by molar-refractivity contribution is 0.102. The average Bonchev–Trinajstić information content (AvgIpc) is 2.73. The van der Waals surface area contributed by atoms with E-state index in [9.17, 15) is 4.79 Å². The van der Waals surface area contributed by atoms with E-state index in [0.29, 0.717) is 11.4 Å². The summed E-state index contributed by atoms with van der Waals surface area (Å²) in [6.07, 6.45) is 0. The summed E-state index contributed by atoms with van der Waals surface area (Å²) in [6.45, 7) is 3.59. The van der Waals surface area contributed by atoms with Gasteiger partial charge in [-0.3, -0.25) is 4.79 Å². The lowest BCUT2D eigenvalue weighted by Gasteiger charge is -2.21. The molecule has 2 aromatic carbocycles. The maximum atomic E-state index is 12.4. The Labute approximate surface area is 158 Å². The van der Waals surface area contributed by atoms with Crippen molar-refractivity contribution in [2.45, 2.75) is 13.5 Å². The second-order valence-electron chi connectivity index (χ2n) is 5.93. The van der Waals surface area contributed by atoms with Crippen LogP contribution in [-0.4, -0.2) is 29.8 Å². The third-order valence-corrected chi connectivity index (χ3v) is 4.16. The van der Waals surface area contributed by atoms with Crippen LogP contribution in [0.15, 0.2) is 66.7 Å². The molecular formula is C21H22N4O2. The van der Waals surface area contributed by atoms with Gasteiger partial charge in [-0.1, -0.05) is 42.5 Å². The Morgan fingerprint density at radius 2 is 1.74 bits per heavy atom. The van der Waals surface area contributed by atoms with Crippen LogP contribution in [0.5, 0.6) is 5.75 Å². The number of hydrogen-bond acceptors (Lipinski definition) is 5. The number of hydrogen-bond donors (Lipinski definition) is 1. The Balaban J connectivity index is 1.71. The molecule has 0 aliphatic carbocycles. The predicted octanol–water partition coefficient (Wildman–Crippen LogP) is 3.76. The standard InChI is InChI=1S/C21H22N4O2/c1-3-25(15-16-9-5-4-6-10-16)20-14-13-18(23-24-20)21(26)22-17-11-7-8-12-19(17)27-2/h4-14H,3,15H2,1-2H3,(H,22,26). The van der Waals surface area contributed by atoms with Crippen molar-refractivity contribution in [2.24, 2.45) is 0 Å². The fourth-order valence-electron chi connectivity index (χ4n) is 2.71. The molecule has 27 heavy (non-hydrogen) atoms. The zero-order valence-corrected chi connectivity index (χ0v) is 15.4. The molecule has 1 N–H and O–H groups in total. The number of amides is 1. The molecule has 138 valence electrons. The fourth-order valence-corrected chi connectivity index (χ4v) is 2.71. The molecule has 0 aliphatic rings. The van der Waals surface area contributed by atoms with Gasteiger partial charge >= 0.3 is 0 Å². The number of para-hydroxylation sites is 2. The van der Waals surface area contributed by atoms with Gasteiger partial charge in [-0.05, 0) is 36.8 Å². The van der Waals surface area contributed by atoms with Crippen LogP contribution in [0.3, 0.4) is 0 Å². The molecule has 3 aromatic rings. The van der Waals surface area contributed by atoms with Crippen molar-refractivity contribution >= 4 is 17.4 Å². The SMILES string of the molecule is CCN(Cc1ccccc1)c1ccc(C(=O)Nc2ccccc2OC)nn1. The lowest BCUT2D eigenvalue weighted by Crippen LogP contribution is -2.24. The van der Waals surface area contributed by atoms with E-state index >= 15 is 0 Å². The maximum absolute atomic E-state index is 12.4. The number of anilines is 2. The predicted molar refractivity (Wildman–Crippen MR) is 106 cm³/mol. The smallest absolute Gasteiger partial charge is 0.276 e. The molecule has 6 heteroatoms. The molecule has 1 amide bonds. The second-order valence-corrected chi connectivity index (χ2v) is 5.93. The largest absolute Gasteiger partial charge is 0.495 e. The quantitative estimate of drug-likeness (QED) is 0.693. The van der Waals surface area contributed by atoms with Crippen LogP contribution in [0.4, 0.5) is 11.5 Å². The van der Waals surface area contributed by atoms with E-state index in [1.54, 1.807) is 25.3 Å². The number of benzene rings is 2. The molecule has 0 fully saturated rings. The summed E-state index contributed by atoms with van der Waals surface area (Å²) in [4.78, 5) is 14.5. The van der Waals surface area contributed by atoms with Crippen molar-refractivity contribution < 1.29 is 9.53 Å². The first-order valence-electron chi connectivity index (χ1n) is 8.78. The normalized spacial score (nSPS) is 10.3. The molecule has 1 aromatic heterocycles. The molecule has 0 saturated heterocycles. The van der Waals surface area contributed by atoms with Crippen molar-refractivity contribution in [1.82, 2.24) is 10.2 Å². The Morgan fingerprint density at radius 1 is 1.00 bits per heavy atom. The molecule has 0 unspecified atom stereocenters. The minimum absolute atomic E-state index is 0.250. The van der Waals surface area contributed by atoms with Gasteiger partial charge in [0.15, 0.2) is 11.5 Å². The van der Waals surface area contributed by atoms with E-state index in [2.05, 4.69) is 39.5 Å². The summed E-state index contributed by atoms with van der Waals surface area (Å²) in [5.41, 5.74) is 2.04. The maximum Gasteiger partial charge on any atom is 0.276 e. The van der Waals surface area contributed by atoms with Gasteiger partial charge in [0, 0.05) is 13.1 Å². The molecule has 0 saturated carbocycles. The third kappa shape index (κ3) is 4.61. The van der Waals surface area contributed by atoms with Crippen LogP contribution in [-0.2, 0) is 6.54 Å². The molecule has 0 aliphatic heterocycles. The van der Waals surface area contributed by atoms with Gasteiger partial charge in [-0.2, -0.15) is 0 Å². The Morgan fingerprint density at radius 3 is 2.41 bits per heavy atom. The van der Waals surface area contributed by atoms with Gasteiger partial charge in [0.2, 0.25) is 0 Å². The number of methoxy groups -OCH3 is 1. The summed E-state index contributed by atoms with van der Waals surface area (Å²) in [5.74, 6) is 0.996. The summed E-state index contributed by atoms with van der Waals surface area (Å²) < 4.78 is 5.25. The highest BCUT2D eigenvalue weighted by atomic mass is 16.5. The Bertz CT molecular complexity index is 882. The van der Waals surface area contributed by atoms with Gasteiger partial charge in [-0.15, -0.1) is 10.2 Å². The first-order chi connectivity index (χ1) is 13.2. The van der Waals surface area contributed by atoms with Gasteiger partial charge in [-0.25, -0.2) is 0 Å². The third-order valence-electron chi connectivity index (χ3n) is 4.16. The molecule has 0 spiro atoms. The van der Waals surface area contributed by atoms with Crippen molar-refractivity contribution in [1.29, 1.82) is 0 Å². The Kier molecular flexibility index (Phi) is 5.99. The minimum atomic E-state index is -0.329. The molecule has 0 atom stereocenters. The number of aromatic nitrogens is 2. The van der Waals surface area contributed by atoms with Crippen LogP contribution in [0, 0.1) is 0 Å². The van der Waals surface area contributed by atoms with E-state index in [1.807, 2.05) is 36.4 Å². The van der Waals surface area contributed by atoms with Crippen LogP contribution >= 0.6 is 0 Å². The van der Waals surface area contributed by atoms with Crippen molar-refractivity contribution in [2.75, 3.05) is 23.9 Å². The molecule has 1 heterocycles. The number of rotatable bonds is 7. The first-order valence-corrected chi connectivity index (χ1v) is 8.78. The highest BCUT2D eigenvalue weighted by Crippen LogP contribution is 2.23. The van der Waals surface area contributed by atoms with Crippen molar-refractivity contribution in [3.8, 4) is 5.75 Å². The van der Waals surface area contributed by atoms with Gasteiger partial charge in [0.1, 0.15) is 5.75 Å². The molecular weight excluding hydrogens is 340 g/mol. The van der Waals surface area contributed by atoms with Gasteiger partial charge < -0.3 is 15.0 Å². The number of nitrogens with zero attached hydrogens (tertiary/aromatic N) is 3. The molecule has 0 radical (unpaired) electrons. The van der Waals surface area contributed by atoms with E-state index in [-0.39, 0.29) is 11.6 Å². The number of carbonyl (C=O) groups excluding carboxylic acids is 1. The summed E-state index contributed by atoms with van der Waals surface area (Å²) in [6, 6.07) is 20.9. The minimum Gasteiger partial charge on any atom is -0.495 e. The van der Waals surface area contributed by atoms with E-state index in [1.165, 1.54) is 5.56 Å². The fraction of sp³-hybridized carbons (Fsp3) is 0.190. The molecule has 6 nitrogen and oxygen atoms in total. The zero-order valence-electron chi connectivity index (χ0n) is 15.4. The van der Waals surface area contributed by atoms with Crippen molar-refractivity contribution in [3.63, 3.8) is 0 Å². The zero-order chi connectivity index (χ0) is 19.1. The number of ether oxygens (including phenoxy) is 1. The highest BCUT2D eigenvalue weighted by Gasteiger charge is 2.13. The summed E-state index contributed by atoms with van der Waals surface area (Å²) >= 11 is 0. The van der Waals surface area contributed by atoms with Crippen LogP contribution in [0.1, 0.15) is 23.0 Å². The second kappa shape index (κ2) is 8.80. The van der Waals surface area contributed by atoms with Gasteiger partial charge in [0.25, 0.3) is 5.91 Å². The summed E-state index contributed by atoms with van der Waals surface area (Å²) in [7, 11) is 1.56. The van der Waals surface area contributed by atoms with Crippen LogP contribution in [0.25, 0.3) is 0 Å². The average molecular weight is 362 g/mol. The van der Waals surface area contributed by atoms with E-state index in [4.69, 9.17) is 4.74 Å². The molecule has 3 rings (SSSR count). The first kappa shape index (κ1) is 18.4. The monoisotopic (exact) mass is 362 g/mol. The number of carbonyl (C=O) groups is 1. The van der Waals surface area contributed by atoms with E-state index in [0.717, 1.165) is 18.9 Å². The van der Waals surface area contributed by atoms with Crippen LogP contribution in [0.2, 0.25) is 0 Å². The topological polar surface area (TPSA) is 67.4 Å². The summed E-state index contributed by atoms with van der Waals surface area (Å²) in [5, 5.41) is 11.1. The number of nitrogens with one attached hydrogen (secondary N) is 1. The Hall–Kier alpha value is -3.41. The van der Waals surface area contributed by atoms with E-state index < -0.39 is 0 Å². The van der Waals surface area contributed by atoms with Gasteiger partial charge in [0.05, 0.1) is 12.8 Å². The lowest BCUT2D eigenvalue weighted by atomic mass is 10.2. The van der Waals surface area contributed by atoms with Crippen molar-refractivity contribution in [3.05, 3.63) is 78.0 Å². The highest BCUT2D eigenvalue weighted by molar-refractivity contribution is 6.03.